The zero-order valence-electron chi connectivity index (χ0n) is 15.5. The Bertz CT molecular complexity index is 1040. The molecule has 3 aliphatic carbocycles. The zero-order chi connectivity index (χ0) is 21.2. The Labute approximate surface area is 165 Å². The quantitative estimate of drug-likeness (QED) is 0.365. The number of ketones is 2. The second kappa shape index (κ2) is 6.16. The lowest BCUT2D eigenvalue weighted by Gasteiger charge is -2.48. The first-order valence-corrected chi connectivity index (χ1v) is 9.11. The van der Waals surface area contributed by atoms with Crippen molar-refractivity contribution >= 4 is 23.2 Å². The lowest BCUT2D eigenvalue weighted by atomic mass is 9.57. The summed E-state index contributed by atoms with van der Waals surface area (Å²) in [6, 6.07) is 3.55. The van der Waals surface area contributed by atoms with Gasteiger partial charge in [0.05, 0.1) is 11.6 Å². The van der Waals surface area contributed by atoms with E-state index in [1.807, 2.05) is 0 Å². The molecular weight excluding hydrogens is 380 g/mol. The number of phenols is 1. The van der Waals surface area contributed by atoms with Crippen LogP contribution in [0.1, 0.15) is 17.5 Å². The van der Waals surface area contributed by atoms with Crippen LogP contribution in [0.4, 0.5) is 0 Å². The van der Waals surface area contributed by atoms with Gasteiger partial charge in [0, 0.05) is 11.5 Å². The Morgan fingerprint density at radius 1 is 1.24 bits per heavy atom. The van der Waals surface area contributed by atoms with Gasteiger partial charge in [-0.05, 0) is 37.4 Å². The standard InChI is InChI=1S/C20H20N2O7/c1-22-14-9-6-8-5-7-3-2-4-10(23)11(7)15(24)12(8)17(26)20(9,29)18(27)13(16(14)25)19(21)28/h2-4,8-9,14,22-24,27,29H,5-6H2,1H3,(H2,21,28). The SMILES string of the molecule is CNC1C(=O)C(C(N)=O)=C(O)C2(O)C(=O)C3=C(O)c4c(O)cccc4CC3CC12. The highest BCUT2D eigenvalue weighted by Gasteiger charge is 2.63. The van der Waals surface area contributed by atoms with Crippen LogP contribution >= 0.6 is 0 Å². The summed E-state index contributed by atoms with van der Waals surface area (Å²) in [5, 5.41) is 45.5. The Morgan fingerprint density at radius 3 is 2.55 bits per heavy atom. The summed E-state index contributed by atoms with van der Waals surface area (Å²) >= 11 is 0. The van der Waals surface area contributed by atoms with Crippen LogP contribution in [0.25, 0.3) is 5.76 Å². The van der Waals surface area contributed by atoms with Gasteiger partial charge in [-0.15, -0.1) is 0 Å². The van der Waals surface area contributed by atoms with E-state index in [1.54, 1.807) is 12.1 Å². The number of hydrogen-bond acceptors (Lipinski definition) is 8. The number of aliphatic hydroxyl groups is 3. The largest absolute Gasteiger partial charge is 0.508 e. The summed E-state index contributed by atoms with van der Waals surface area (Å²) in [7, 11) is 1.44. The van der Waals surface area contributed by atoms with Gasteiger partial charge >= 0.3 is 0 Å². The maximum Gasteiger partial charge on any atom is 0.255 e. The zero-order valence-corrected chi connectivity index (χ0v) is 15.5. The van der Waals surface area contributed by atoms with Gasteiger partial charge < -0.3 is 31.5 Å². The molecule has 0 radical (unpaired) electrons. The van der Waals surface area contributed by atoms with Gasteiger partial charge in [0.15, 0.2) is 11.4 Å². The van der Waals surface area contributed by atoms with Crippen LogP contribution in [0.2, 0.25) is 0 Å². The molecule has 7 N–H and O–H groups in total. The minimum atomic E-state index is -2.60. The van der Waals surface area contributed by atoms with Crippen molar-refractivity contribution in [2.45, 2.75) is 24.5 Å². The number of benzene rings is 1. The van der Waals surface area contributed by atoms with Crippen LogP contribution in [0.5, 0.6) is 5.75 Å². The van der Waals surface area contributed by atoms with Crippen molar-refractivity contribution in [1.82, 2.24) is 5.32 Å². The number of carbonyl (C=O) groups excluding carboxylic acids is 3. The number of Topliss-reactive ketones (excluding diaryl/α,β-unsaturated/α-hetero) is 2. The molecule has 4 unspecified atom stereocenters. The van der Waals surface area contributed by atoms with Crippen molar-refractivity contribution in [3.8, 4) is 5.75 Å². The average Bonchev–Trinajstić information content (AvgIpc) is 2.65. The van der Waals surface area contributed by atoms with Crippen molar-refractivity contribution in [2.24, 2.45) is 17.6 Å². The summed E-state index contributed by atoms with van der Waals surface area (Å²) in [4.78, 5) is 37.8. The molecule has 0 aromatic heterocycles. The smallest absolute Gasteiger partial charge is 0.255 e. The van der Waals surface area contributed by atoms with E-state index in [0.29, 0.717) is 12.0 Å². The van der Waals surface area contributed by atoms with E-state index in [1.165, 1.54) is 13.1 Å². The number of likely N-dealkylation sites (N-methyl/N-ethyl adjacent to an activating group) is 1. The maximum atomic E-state index is 13.4. The fourth-order valence-electron chi connectivity index (χ4n) is 4.95. The number of phenolic OH excluding ortho intramolecular Hbond substituents is 1. The average molecular weight is 400 g/mol. The second-order valence-corrected chi connectivity index (χ2v) is 7.63. The maximum absolute atomic E-state index is 13.4. The van der Waals surface area contributed by atoms with Crippen molar-refractivity contribution in [1.29, 1.82) is 0 Å². The lowest BCUT2D eigenvalue weighted by Crippen LogP contribution is -2.65. The predicted molar refractivity (Wildman–Crippen MR) is 99.6 cm³/mol. The number of hydrogen-bond donors (Lipinski definition) is 6. The van der Waals surface area contributed by atoms with Crippen LogP contribution in [0.15, 0.2) is 35.1 Å². The summed E-state index contributed by atoms with van der Waals surface area (Å²) < 4.78 is 0. The van der Waals surface area contributed by atoms with Gasteiger partial charge in [0.1, 0.15) is 22.8 Å². The number of rotatable bonds is 2. The number of amides is 1. The molecule has 1 fully saturated rings. The number of nitrogens with two attached hydrogens (primary N) is 1. The third-order valence-corrected chi connectivity index (χ3v) is 6.25. The minimum absolute atomic E-state index is 0.0735. The third-order valence-electron chi connectivity index (χ3n) is 6.25. The number of carbonyl (C=O) groups is 3. The van der Waals surface area contributed by atoms with Crippen molar-refractivity contribution in [3.05, 3.63) is 46.2 Å². The highest BCUT2D eigenvalue weighted by atomic mass is 16.3. The Kier molecular flexibility index (Phi) is 4.07. The molecule has 0 aliphatic heterocycles. The molecule has 1 aromatic carbocycles. The molecule has 1 aromatic rings. The molecule has 1 saturated carbocycles. The van der Waals surface area contributed by atoms with Crippen LogP contribution < -0.4 is 11.1 Å². The second-order valence-electron chi connectivity index (χ2n) is 7.63. The fraction of sp³-hybridized carbons (Fsp3) is 0.350. The molecule has 152 valence electrons. The number of primary amides is 1. The van der Waals surface area contributed by atoms with Gasteiger partial charge in [-0.2, -0.15) is 0 Å². The molecule has 0 saturated heterocycles. The van der Waals surface area contributed by atoms with Gasteiger partial charge in [-0.3, -0.25) is 14.4 Å². The van der Waals surface area contributed by atoms with Crippen molar-refractivity contribution < 1.29 is 34.8 Å². The first-order valence-electron chi connectivity index (χ1n) is 9.11. The monoisotopic (exact) mass is 400 g/mol. The highest BCUT2D eigenvalue weighted by Crippen LogP contribution is 2.51. The molecule has 9 heteroatoms. The number of nitrogens with one attached hydrogen (secondary N) is 1. The van der Waals surface area contributed by atoms with E-state index in [2.05, 4.69) is 5.32 Å². The van der Waals surface area contributed by atoms with Crippen molar-refractivity contribution in [3.63, 3.8) is 0 Å². The van der Waals surface area contributed by atoms with Crippen LogP contribution in [-0.2, 0) is 20.8 Å². The molecule has 9 nitrogen and oxygen atoms in total. The minimum Gasteiger partial charge on any atom is -0.508 e. The van der Waals surface area contributed by atoms with E-state index < -0.39 is 58.0 Å². The Balaban J connectivity index is 1.97. The number of aromatic hydroxyl groups is 1. The van der Waals surface area contributed by atoms with E-state index in [9.17, 15) is 34.8 Å². The van der Waals surface area contributed by atoms with Crippen LogP contribution in [0.3, 0.4) is 0 Å². The molecule has 29 heavy (non-hydrogen) atoms. The van der Waals surface area contributed by atoms with Gasteiger partial charge in [0.25, 0.3) is 5.91 Å². The van der Waals surface area contributed by atoms with E-state index in [0.717, 1.165) is 0 Å². The topological polar surface area (TPSA) is 170 Å². The van der Waals surface area contributed by atoms with Crippen LogP contribution in [-0.4, -0.2) is 56.6 Å². The van der Waals surface area contributed by atoms with Gasteiger partial charge in [0.2, 0.25) is 5.78 Å². The molecule has 0 bridgehead atoms. The molecule has 0 spiro atoms. The Hall–Kier alpha value is -3.17. The van der Waals surface area contributed by atoms with Gasteiger partial charge in [-0.25, -0.2) is 0 Å². The third kappa shape index (κ3) is 2.31. The molecule has 4 atom stereocenters. The highest BCUT2D eigenvalue weighted by molar-refractivity contribution is 6.24. The first kappa shape index (κ1) is 19.2. The Morgan fingerprint density at radius 2 is 1.93 bits per heavy atom. The molecular formula is C20H20N2O7. The van der Waals surface area contributed by atoms with Crippen molar-refractivity contribution in [2.75, 3.05) is 7.05 Å². The summed E-state index contributed by atoms with van der Waals surface area (Å²) in [6.07, 6.45) is 0.364. The predicted octanol–water partition coefficient (Wildman–Crippen LogP) is -0.378. The lowest BCUT2D eigenvalue weighted by molar-refractivity contribution is -0.150. The van der Waals surface area contributed by atoms with E-state index >= 15 is 0 Å². The molecule has 3 aliphatic rings. The summed E-state index contributed by atoms with van der Waals surface area (Å²) in [6.45, 7) is 0. The molecule has 0 heterocycles. The number of aliphatic hydroxyl groups excluding tert-OH is 2. The number of fused-ring (bicyclic) bond motifs is 3. The first-order chi connectivity index (χ1) is 13.6. The fourth-order valence-corrected chi connectivity index (χ4v) is 4.95. The van der Waals surface area contributed by atoms with E-state index in [4.69, 9.17) is 5.73 Å². The van der Waals surface area contributed by atoms with Gasteiger partial charge in [-0.1, -0.05) is 12.1 Å². The normalized spacial score (nSPS) is 31.3. The molecule has 1 amide bonds. The molecule has 4 rings (SSSR count). The van der Waals surface area contributed by atoms with Crippen LogP contribution in [0, 0.1) is 11.8 Å². The summed E-state index contributed by atoms with van der Waals surface area (Å²) in [5.74, 6) is -6.52. The summed E-state index contributed by atoms with van der Waals surface area (Å²) in [5.41, 5.74) is 2.32. The van der Waals surface area contributed by atoms with E-state index in [-0.39, 0.29) is 23.3 Å².